The van der Waals surface area contributed by atoms with Crippen molar-refractivity contribution in [3.8, 4) is 0 Å². The van der Waals surface area contributed by atoms with E-state index in [4.69, 9.17) is 0 Å². The second-order valence-electron chi connectivity index (χ2n) is 4.16. The van der Waals surface area contributed by atoms with Crippen LogP contribution in [-0.4, -0.2) is 29.0 Å². The van der Waals surface area contributed by atoms with Crippen LogP contribution in [0.4, 0.5) is 4.79 Å². The van der Waals surface area contributed by atoms with E-state index in [-0.39, 0.29) is 5.24 Å². The second kappa shape index (κ2) is 11.3. The third-order valence-corrected chi connectivity index (χ3v) is 3.54. The Balaban J connectivity index is 3.88. The lowest BCUT2D eigenvalue weighted by molar-refractivity contribution is 0.221. The average molecular weight is 245 g/mol. The van der Waals surface area contributed by atoms with Gasteiger partial charge >= 0.3 is 0 Å². The maximum absolute atomic E-state index is 11.9. The number of hydrogen-bond acceptors (Lipinski definition) is 2. The maximum Gasteiger partial charge on any atom is 0.281 e. The molecule has 16 heavy (non-hydrogen) atoms. The fraction of sp³-hybridized carbons (Fsp3) is 0.923. The molecule has 0 aliphatic carbocycles. The summed E-state index contributed by atoms with van der Waals surface area (Å²) in [4.78, 5) is 14.0. The highest BCUT2D eigenvalue weighted by Crippen LogP contribution is 2.13. The first-order valence-corrected chi connectivity index (χ1v) is 7.66. The van der Waals surface area contributed by atoms with Gasteiger partial charge in [0, 0.05) is 18.8 Å². The smallest absolute Gasteiger partial charge is 0.281 e. The molecule has 0 aromatic heterocycles. The van der Waals surface area contributed by atoms with E-state index < -0.39 is 0 Å². The maximum atomic E-state index is 11.9. The Morgan fingerprint density at radius 1 is 0.938 bits per heavy atom. The minimum Gasteiger partial charge on any atom is -0.334 e. The van der Waals surface area contributed by atoms with Gasteiger partial charge in [0.15, 0.2) is 0 Å². The Labute approximate surface area is 105 Å². The third kappa shape index (κ3) is 8.03. The number of carbonyl (C=O) groups excluding carboxylic acids is 1. The highest BCUT2D eigenvalue weighted by molar-refractivity contribution is 8.13. The van der Waals surface area contributed by atoms with Crippen molar-refractivity contribution in [3.63, 3.8) is 0 Å². The van der Waals surface area contributed by atoms with E-state index in [0.717, 1.165) is 50.9 Å². The Morgan fingerprint density at radius 2 is 1.44 bits per heavy atom. The van der Waals surface area contributed by atoms with Gasteiger partial charge in [0.25, 0.3) is 5.24 Å². The molecule has 0 saturated heterocycles. The first-order valence-electron chi connectivity index (χ1n) is 6.67. The molecule has 0 saturated carbocycles. The molecule has 0 aromatic carbocycles. The first-order chi connectivity index (χ1) is 7.76. The Hall–Kier alpha value is -0.180. The van der Waals surface area contributed by atoms with Gasteiger partial charge < -0.3 is 4.90 Å². The van der Waals surface area contributed by atoms with Crippen molar-refractivity contribution in [2.75, 3.05) is 18.8 Å². The van der Waals surface area contributed by atoms with Crippen LogP contribution in [0.3, 0.4) is 0 Å². The molecule has 96 valence electrons. The molecule has 0 aliphatic rings. The van der Waals surface area contributed by atoms with E-state index in [2.05, 4.69) is 20.8 Å². The summed E-state index contributed by atoms with van der Waals surface area (Å²) in [5, 5.41) is 0.287. The highest BCUT2D eigenvalue weighted by atomic mass is 32.2. The number of carbonyl (C=O) groups is 1. The lowest BCUT2D eigenvalue weighted by Crippen LogP contribution is -2.30. The van der Waals surface area contributed by atoms with Crippen LogP contribution in [0.5, 0.6) is 0 Å². The van der Waals surface area contributed by atoms with Crippen molar-refractivity contribution >= 4 is 17.0 Å². The SMILES string of the molecule is CCCCSC(=O)N(CCCC)CCCC. The molecule has 0 atom stereocenters. The fourth-order valence-electron chi connectivity index (χ4n) is 1.39. The number of rotatable bonds is 9. The van der Waals surface area contributed by atoms with Gasteiger partial charge in [-0.15, -0.1) is 0 Å². The zero-order valence-electron chi connectivity index (χ0n) is 11.1. The van der Waals surface area contributed by atoms with E-state index in [1.54, 1.807) is 0 Å². The van der Waals surface area contributed by atoms with E-state index in [9.17, 15) is 4.79 Å². The van der Waals surface area contributed by atoms with Crippen molar-refractivity contribution in [1.82, 2.24) is 4.90 Å². The lowest BCUT2D eigenvalue weighted by atomic mass is 10.3. The van der Waals surface area contributed by atoms with Gasteiger partial charge in [-0.3, -0.25) is 4.79 Å². The van der Waals surface area contributed by atoms with Gasteiger partial charge in [-0.2, -0.15) is 0 Å². The van der Waals surface area contributed by atoms with Gasteiger partial charge in [0.05, 0.1) is 0 Å². The quantitative estimate of drug-likeness (QED) is 0.556. The molecule has 0 heterocycles. The van der Waals surface area contributed by atoms with Gasteiger partial charge in [-0.1, -0.05) is 51.8 Å². The summed E-state index contributed by atoms with van der Waals surface area (Å²) < 4.78 is 0. The van der Waals surface area contributed by atoms with Gasteiger partial charge in [-0.05, 0) is 19.3 Å². The molecule has 0 N–H and O–H groups in total. The molecule has 2 nitrogen and oxygen atoms in total. The van der Waals surface area contributed by atoms with Crippen molar-refractivity contribution in [3.05, 3.63) is 0 Å². The molecule has 1 amide bonds. The predicted octanol–water partition coefficient (Wildman–Crippen LogP) is 4.54. The summed E-state index contributed by atoms with van der Waals surface area (Å²) in [6.45, 7) is 8.39. The summed E-state index contributed by atoms with van der Waals surface area (Å²) in [5.74, 6) is 0.976. The second-order valence-corrected chi connectivity index (χ2v) is 5.21. The summed E-state index contributed by atoms with van der Waals surface area (Å²) in [6, 6.07) is 0. The van der Waals surface area contributed by atoms with Gasteiger partial charge in [0.1, 0.15) is 0 Å². The summed E-state index contributed by atoms with van der Waals surface area (Å²) in [6.07, 6.45) is 6.90. The van der Waals surface area contributed by atoms with Crippen molar-refractivity contribution in [2.45, 2.75) is 59.3 Å². The molecule has 0 aromatic rings. The highest BCUT2D eigenvalue weighted by Gasteiger charge is 2.12. The topological polar surface area (TPSA) is 20.3 Å². The molecule has 0 spiro atoms. The molecule has 0 aliphatic heterocycles. The Kier molecular flexibility index (Phi) is 11.2. The molecular formula is C13H27NOS. The van der Waals surface area contributed by atoms with E-state index in [1.165, 1.54) is 18.2 Å². The van der Waals surface area contributed by atoms with Crippen molar-refractivity contribution in [2.24, 2.45) is 0 Å². The first kappa shape index (κ1) is 15.8. The van der Waals surface area contributed by atoms with Crippen LogP contribution in [0.25, 0.3) is 0 Å². The van der Waals surface area contributed by atoms with Gasteiger partial charge in [-0.25, -0.2) is 0 Å². The third-order valence-electron chi connectivity index (χ3n) is 2.54. The zero-order chi connectivity index (χ0) is 12.2. The molecular weight excluding hydrogens is 218 g/mol. The fourth-order valence-corrected chi connectivity index (χ4v) is 2.36. The van der Waals surface area contributed by atoms with Crippen LogP contribution in [0.2, 0.25) is 0 Å². The molecule has 0 unspecified atom stereocenters. The van der Waals surface area contributed by atoms with E-state index in [1.807, 2.05) is 4.90 Å². The predicted molar refractivity (Wildman–Crippen MR) is 74.2 cm³/mol. The number of unbranched alkanes of at least 4 members (excludes halogenated alkanes) is 3. The number of thioether (sulfide) groups is 1. The number of nitrogens with zero attached hydrogens (tertiary/aromatic N) is 1. The minimum absolute atomic E-state index is 0.287. The molecule has 0 rings (SSSR count). The van der Waals surface area contributed by atoms with Crippen LogP contribution in [0.15, 0.2) is 0 Å². The van der Waals surface area contributed by atoms with Crippen LogP contribution >= 0.6 is 11.8 Å². The molecule has 0 fully saturated rings. The van der Waals surface area contributed by atoms with Crippen LogP contribution in [0, 0.1) is 0 Å². The van der Waals surface area contributed by atoms with E-state index >= 15 is 0 Å². The largest absolute Gasteiger partial charge is 0.334 e. The standard InChI is InChI=1S/C13H27NOS/c1-4-7-10-14(11-8-5-2)13(15)16-12-9-6-3/h4-12H2,1-3H3. The minimum atomic E-state index is 0.287. The molecule has 0 bridgehead atoms. The summed E-state index contributed by atoms with van der Waals surface area (Å²) in [5.41, 5.74) is 0. The summed E-state index contributed by atoms with van der Waals surface area (Å²) in [7, 11) is 0. The van der Waals surface area contributed by atoms with Crippen LogP contribution < -0.4 is 0 Å². The zero-order valence-corrected chi connectivity index (χ0v) is 11.9. The average Bonchev–Trinajstić information content (AvgIpc) is 2.29. The van der Waals surface area contributed by atoms with Gasteiger partial charge in [0.2, 0.25) is 0 Å². The monoisotopic (exact) mass is 245 g/mol. The van der Waals surface area contributed by atoms with E-state index in [0.29, 0.717) is 0 Å². The van der Waals surface area contributed by atoms with Crippen LogP contribution in [-0.2, 0) is 0 Å². The molecule has 0 radical (unpaired) electrons. The number of amides is 1. The Morgan fingerprint density at radius 3 is 1.88 bits per heavy atom. The van der Waals surface area contributed by atoms with Crippen molar-refractivity contribution in [1.29, 1.82) is 0 Å². The number of hydrogen-bond donors (Lipinski definition) is 0. The normalized spacial score (nSPS) is 10.4. The lowest BCUT2D eigenvalue weighted by Gasteiger charge is -2.21. The summed E-state index contributed by atoms with van der Waals surface area (Å²) >= 11 is 1.50. The van der Waals surface area contributed by atoms with Crippen molar-refractivity contribution < 1.29 is 4.79 Å². The Bertz CT molecular complexity index is 165. The van der Waals surface area contributed by atoms with Crippen LogP contribution in [0.1, 0.15) is 59.3 Å². The molecule has 3 heteroatoms.